The van der Waals surface area contributed by atoms with Crippen molar-refractivity contribution in [3.05, 3.63) is 71.0 Å². The molecule has 166 valence electrons. The predicted octanol–water partition coefficient (Wildman–Crippen LogP) is 3.92. The predicted molar refractivity (Wildman–Crippen MR) is 116 cm³/mol. The topological polar surface area (TPSA) is 66.8 Å². The third-order valence-electron chi connectivity index (χ3n) is 5.89. The largest absolute Gasteiger partial charge is 0.465 e. The Morgan fingerprint density at radius 2 is 2.00 bits per heavy atom. The van der Waals surface area contributed by atoms with Crippen molar-refractivity contribution in [2.24, 2.45) is 0 Å². The molecule has 0 aromatic heterocycles. The van der Waals surface area contributed by atoms with Crippen molar-refractivity contribution in [2.45, 2.75) is 57.1 Å². The van der Waals surface area contributed by atoms with Gasteiger partial charge >= 0.3 is 5.97 Å². The van der Waals surface area contributed by atoms with Crippen LogP contribution in [0.25, 0.3) is 0 Å². The minimum Gasteiger partial charge on any atom is -0.465 e. The molecule has 0 spiro atoms. The summed E-state index contributed by atoms with van der Waals surface area (Å²) < 4.78 is 18.0. The molecule has 0 bridgehead atoms. The van der Waals surface area contributed by atoms with Gasteiger partial charge in [0.25, 0.3) is 0 Å². The lowest BCUT2D eigenvalue weighted by Crippen LogP contribution is -2.34. The van der Waals surface area contributed by atoms with E-state index in [-0.39, 0.29) is 23.7 Å². The number of carbonyl (C=O) groups excluding carboxylic acids is 2. The van der Waals surface area contributed by atoms with Gasteiger partial charge in [0.15, 0.2) is 0 Å². The molecule has 0 radical (unpaired) electrons. The average Bonchev–Trinajstić information content (AvgIpc) is 3.11. The number of nitrogens with zero attached hydrogens (tertiary/aromatic N) is 1. The van der Waals surface area contributed by atoms with Crippen molar-refractivity contribution in [3.8, 4) is 0 Å². The van der Waals surface area contributed by atoms with E-state index in [4.69, 9.17) is 4.74 Å². The summed E-state index contributed by atoms with van der Waals surface area (Å²) in [6, 6.07) is 13.8. The molecule has 1 aliphatic heterocycles. The number of carbonyl (C=O) groups is 2. The van der Waals surface area contributed by atoms with E-state index in [0.717, 1.165) is 36.8 Å². The lowest BCUT2D eigenvalue weighted by atomic mass is 10.0. The smallest absolute Gasteiger partial charge is 0.337 e. The van der Waals surface area contributed by atoms with Crippen molar-refractivity contribution in [1.82, 2.24) is 4.90 Å². The van der Waals surface area contributed by atoms with Crippen LogP contribution in [-0.4, -0.2) is 47.7 Å². The summed E-state index contributed by atoms with van der Waals surface area (Å²) in [5.74, 6) is -0.473. The van der Waals surface area contributed by atoms with E-state index >= 15 is 0 Å². The number of aliphatic hydroxyl groups is 1. The van der Waals surface area contributed by atoms with Gasteiger partial charge in [-0.3, -0.25) is 4.79 Å². The van der Waals surface area contributed by atoms with Gasteiger partial charge < -0.3 is 14.7 Å². The Labute approximate surface area is 182 Å². The minimum absolute atomic E-state index is 0.149. The molecule has 6 heteroatoms. The Kier molecular flexibility index (Phi) is 8.18. The summed E-state index contributed by atoms with van der Waals surface area (Å²) in [6.07, 6.45) is 4.23. The van der Waals surface area contributed by atoms with Crippen molar-refractivity contribution in [2.75, 3.05) is 13.7 Å². The van der Waals surface area contributed by atoms with E-state index in [1.54, 1.807) is 18.2 Å². The fraction of sp³-hybridized carbons (Fsp3) is 0.440. The highest BCUT2D eigenvalue weighted by Crippen LogP contribution is 2.24. The van der Waals surface area contributed by atoms with Crippen molar-refractivity contribution in [3.63, 3.8) is 0 Å². The summed E-state index contributed by atoms with van der Waals surface area (Å²) >= 11 is 0. The van der Waals surface area contributed by atoms with Gasteiger partial charge in [-0.2, -0.15) is 0 Å². The summed E-state index contributed by atoms with van der Waals surface area (Å²) in [7, 11) is 1.36. The van der Waals surface area contributed by atoms with Crippen LogP contribution in [0.15, 0.2) is 48.5 Å². The molecule has 2 aromatic carbocycles. The van der Waals surface area contributed by atoms with Gasteiger partial charge in [0, 0.05) is 19.0 Å². The summed E-state index contributed by atoms with van der Waals surface area (Å²) in [5, 5.41) is 10.4. The molecule has 1 N–H and O–H groups in total. The lowest BCUT2D eigenvalue weighted by Gasteiger charge is -2.26. The van der Waals surface area contributed by atoms with E-state index in [1.807, 2.05) is 23.1 Å². The van der Waals surface area contributed by atoms with Gasteiger partial charge in [0.05, 0.1) is 18.8 Å². The summed E-state index contributed by atoms with van der Waals surface area (Å²) in [5.41, 5.74) is 2.42. The fourth-order valence-electron chi connectivity index (χ4n) is 4.20. The number of rotatable bonds is 10. The number of methoxy groups -OCH3 is 1. The van der Waals surface area contributed by atoms with Crippen LogP contribution in [0, 0.1) is 5.82 Å². The standard InChI is InChI=1S/C25H30FNO4/c1-31-25(30)20-9-7-18(8-10-20)5-3-15-27-22(12-14-24(27)29)11-13-23(28)17-19-4-2-6-21(26)16-19/h2,4,6-10,16,22-23,28H,3,5,11-15,17H2,1H3. The molecule has 1 heterocycles. The number of amides is 1. The van der Waals surface area contributed by atoms with Gasteiger partial charge in [-0.25, -0.2) is 9.18 Å². The van der Waals surface area contributed by atoms with Crippen LogP contribution in [0.5, 0.6) is 0 Å². The highest BCUT2D eigenvalue weighted by atomic mass is 19.1. The molecule has 2 atom stereocenters. The first-order valence-corrected chi connectivity index (χ1v) is 10.9. The maximum Gasteiger partial charge on any atom is 0.337 e. The zero-order valence-corrected chi connectivity index (χ0v) is 17.9. The first-order valence-electron chi connectivity index (χ1n) is 10.9. The number of esters is 1. The Morgan fingerprint density at radius 3 is 2.71 bits per heavy atom. The van der Waals surface area contributed by atoms with Crippen LogP contribution in [0.4, 0.5) is 4.39 Å². The normalized spacial score (nSPS) is 17.1. The molecule has 1 saturated heterocycles. The Balaban J connectivity index is 1.44. The van der Waals surface area contributed by atoms with Crippen molar-refractivity contribution < 1.29 is 23.8 Å². The molecular weight excluding hydrogens is 397 g/mol. The number of ether oxygens (including phenoxy) is 1. The molecule has 2 unspecified atom stereocenters. The number of aliphatic hydroxyl groups excluding tert-OH is 1. The van der Waals surface area contributed by atoms with E-state index < -0.39 is 6.10 Å². The lowest BCUT2D eigenvalue weighted by molar-refractivity contribution is -0.129. The summed E-state index contributed by atoms with van der Waals surface area (Å²) in [6.45, 7) is 0.683. The van der Waals surface area contributed by atoms with Crippen molar-refractivity contribution >= 4 is 11.9 Å². The molecule has 1 amide bonds. The molecule has 2 aromatic rings. The summed E-state index contributed by atoms with van der Waals surface area (Å²) in [4.78, 5) is 25.8. The van der Waals surface area contributed by atoms with Crippen LogP contribution in [0.1, 0.15) is 53.6 Å². The highest BCUT2D eigenvalue weighted by molar-refractivity contribution is 5.89. The Bertz CT molecular complexity index is 883. The van der Waals surface area contributed by atoms with E-state index in [0.29, 0.717) is 31.4 Å². The van der Waals surface area contributed by atoms with Crippen LogP contribution < -0.4 is 0 Å². The molecule has 31 heavy (non-hydrogen) atoms. The van der Waals surface area contributed by atoms with Gasteiger partial charge in [0.1, 0.15) is 5.82 Å². The van der Waals surface area contributed by atoms with Gasteiger partial charge in [-0.1, -0.05) is 24.3 Å². The Hall–Kier alpha value is -2.73. The van der Waals surface area contributed by atoms with Crippen LogP contribution in [0.2, 0.25) is 0 Å². The van der Waals surface area contributed by atoms with Crippen LogP contribution in [0.3, 0.4) is 0 Å². The van der Waals surface area contributed by atoms with E-state index in [1.165, 1.54) is 19.2 Å². The maximum absolute atomic E-state index is 13.3. The second-order valence-corrected chi connectivity index (χ2v) is 8.14. The molecule has 0 aliphatic carbocycles. The first kappa shape index (κ1) is 22.9. The zero-order valence-electron chi connectivity index (χ0n) is 17.9. The van der Waals surface area contributed by atoms with Gasteiger partial charge in [-0.05, 0) is 73.9 Å². The zero-order chi connectivity index (χ0) is 22.2. The molecule has 0 saturated carbocycles. The molecule has 1 fully saturated rings. The quantitative estimate of drug-likeness (QED) is 0.584. The monoisotopic (exact) mass is 427 g/mol. The fourth-order valence-corrected chi connectivity index (χ4v) is 4.20. The Morgan fingerprint density at radius 1 is 1.23 bits per heavy atom. The second kappa shape index (κ2) is 11.0. The van der Waals surface area contributed by atoms with E-state index in [2.05, 4.69) is 0 Å². The minimum atomic E-state index is -0.548. The molecule has 3 rings (SSSR count). The number of hydrogen-bond donors (Lipinski definition) is 1. The average molecular weight is 428 g/mol. The van der Waals surface area contributed by atoms with E-state index in [9.17, 15) is 19.1 Å². The second-order valence-electron chi connectivity index (χ2n) is 8.14. The molecular formula is C25H30FNO4. The van der Waals surface area contributed by atoms with Crippen molar-refractivity contribution in [1.29, 1.82) is 0 Å². The first-order chi connectivity index (χ1) is 15.0. The number of halogens is 1. The number of likely N-dealkylation sites (tertiary alicyclic amines) is 1. The highest BCUT2D eigenvalue weighted by Gasteiger charge is 2.30. The van der Waals surface area contributed by atoms with Crippen LogP contribution >= 0.6 is 0 Å². The number of benzene rings is 2. The third-order valence-corrected chi connectivity index (χ3v) is 5.89. The number of aryl methyl sites for hydroxylation is 1. The molecule has 5 nitrogen and oxygen atoms in total. The molecule has 1 aliphatic rings. The number of hydrogen-bond acceptors (Lipinski definition) is 4. The van der Waals surface area contributed by atoms with Gasteiger partial charge in [-0.15, -0.1) is 0 Å². The van der Waals surface area contributed by atoms with Gasteiger partial charge in [0.2, 0.25) is 5.91 Å². The SMILES string of the molecule is COC(=O)c1ccc(CCCN2C(=O)CCC2CCC(O)Cc2cccc(F)c2)cc1. The van der Waals surface area contributed by atoms with Crippen LogP contribution in [-0.2, 0) is 22.4 Å². The third kappa shape index (κ3) is 6.62. The maximum atomic E-state index is 13.3.